The van der Waals surface area contributed by atoms with Gasteiger partial charge in [0.05, 0.1) is 10.0 Å². The normalized spacial score (nSPS) is 10.8. The minimum Gasteiger partial charge on any atom is -0.426 e. The average molecular weight is 388 g/mol. The van der Waals surface area contributed by atoms with E-state index in [1.807, 2.05) is 30.3 Å². The molecular formula is C18H14BrNO4. The Balaban J connectivity index is 2.13. The Morgan fingerprint density at radius 1 is 1.00 bits per heavy atom. The quantitative estimate of drug-likeness (QED) is 0.496. The zero-order chi connectivity index (χ0) is 17.5. The fraction of sp³-hybridized carbons (Fsp3) is 0.0556. The second kappa shape index (κ2) is 8.21. The predicted molar refractivity (Wildman–Crippen MR) is 93.6 cm³/mol. The number of rotatable bonds is 4. The van der Waals surface area contributed by atoms with Crippen molar-refractivity contribution in [3.63, 3.8) is 0 Å². The monoisotopic (exact) mass is 387 g/mol. The number of imide groups is 1. The summed E-state index contributed by atoms with van der Waals surface area (Å²) in [5.41, 5.74) is 0.911. The molecule has 2 aromatic rings. The second-order valence-electron chi connectivity index (χ2n) is 4.78. The third kappa shape index (κ3) is 4.89. The maximum atomic E-state index is 12.2. The van der Waals surface area contributed by atoms with Crippen LogP contribution in [0.1, 0.15) is 22.8 Å². The van der Waals surface area contributed by atoms with E-state index in [2.05, 4.69) is 21.2 Å². The van der Waals surface area contributed by atoms with Crippen LogP contribution in [0.15, 0.2) is 59.1 Å². The highest BCUT2D eigenvalue weighted by Crippen LogP contribution is 2.19. The SMILES string of the molecule is CC(=O)Oc1ccccc1C(=O)NC(=O)C(Br)=Cc1ccccc1. The van der Waals surface area contributed by atoms with Crippen molar-refractivity contribution in [2.45, 2.75) is 6.92 Å². The third-order valence-corrected chi connectivity index (χ3v) is 3.51. The minimum absolute atomic E-state index is 0.0958. The third-order valence-electron chi connectivity index (χ3n) is 2.92. The molecule has 0 aliphatic rings. The molecule has 0 aromatic heterocycles. The topological polar surface area (TPSA) is 72.5 Å². The highest BCUT2D eigenvalue weighted by molar-refractivity contribution is 9.12. The number of carbonyl (C=O) groups excluding carboxylic acids is 3. The van der Waals surface area contributed by atoms with E-state index in [4.69, 9.17) is 4.74 Å². The smallest absolute Gasteiger partial charge is 0.308 e. The lowest BCUT2D eigenvalue weighted by atomic mass is 10.2. The van der Waals surface area contributed by atoms with E-state index in [-0.39, 0.29) is 15.8 Å². The molecule has 0 fully saturated rings. The van der Waals surface area contributed by atoms with E-state index in [0.29, 0.717) is 0 Å². The van der Waals surface area contributed by atoms with Gasteiger partial charge in [0.2, 0.25) is 0 Å². The Morgan fingerprint density at radius 3 is 2.29 bits per heavy atom. The summed E-state index contributed by atoms with van der Waals surface area (Å²) in [4.78, 5) is 35.4. The largest absolute Gasteiger partial charge is 0.426 e. The molecule has 0 aliphatic heterocycles. The van der Waals surface area contributed by atoms with Crippen LogP contribution in [0.2, 0.25) is 0 Å². The molecular weight excluding hydrogens is 374 g/mol. The zero-order valence-electron chi connectivity index (χ0n) is 12.8. The van der Waals surface area contributed by atoms with Gasteiger partial charge in [-0.2, -0.15) is 0 Å². The van der Waals surface area contributed by atoms with Crippen molar-refractivity contribution in [3.8, 4) is 5.75 Å². The number of hydrogen-bond donors (Lipinski definition) is 1. The van der Waals surface area contributed by atoms with Crippen LogP contribution in [0.25, 0.3) is 6.08 Å². The van der Waals surface area contributed by atoms with Crippen molar-refractivity contribution in [2.24, 2.45) is 0 Å². The second-order valence-corrected chi connectivity index (χ2v) is 5.63. The first kappa shape index (κ1) is 17.6. The van der Waals surface area contributed by atoms with Gasteiger partial charge in [-0.1, -0.05) is 42.5 Å². The van der Waals surface area contributed by atoms with Crippen LogP contribution in [0.3, 0.4) is 0 Å². The van der Waals surface area contributed by atoms with Gasteiger partial charge in [-0.15, -0.1) is 0 Å². The number of benzene rings is 2. The minimum atomic E-state index is -0.657. The number of amides is 2. The maximum Gasteiger partial charge on any atom is 0.308 e. The van der Waals surface area contributed by atoms with E-state index in [1.165, 1.54) is 19.1 Å². The van der Waals surface area contributed by atoms with E-state index >= 15 is 0 Å². The van der Waals surface area contributed by atoms with Crippen LogP contribution in [0.4, 0.5) is 0 Å². The first-order valence-electron chi connectivity index (χ1n) is 7.02. The van der Waals surface area contributed by atoms with Gasteiger partial charge in [0.15, 0.2) is 0 Å². The van der Waals surface area contributed by atoms with Gasteiger partial charge in [0, 0.05) is 6.92 Å². The summed E-state index contributed by atoms with van der Waals surface area (Å²) in [5.74, 6) is -1.71. The number of ether oxygens (including phenoxy) is 1. The number of nitrogens with one attached hydrogen (secondary N) is 1. The van der Waals surface area contributed by atoms with E-state index in [9.17, 15) is 14.4 Å². The van der Waals surface area contributed by atoms with Gasteiger partial charge in [-0.25, -0.2) is 0 Å². The Kier molecular flexibility index (Phi) is 6.03. The van der Waals surface area contributed by atoms with Gasteiger partial charge in [0.25, 0.3) is 11.8 Å². The fourth-order valence-corrected chi connectivity index (χ4v) is 2.25. The molecule has 5 nitrogen and oxygen atoms in total. The van der Waals surface area contributed by atoms with E-state index < -0.39 is 17.8 Å². The van der Waals surface area contributed by atoms with Gasteiger partial charge in [0.1, 0.15) is 5.75 Å². The van der Waals surface area contributed by atoms with E-state index in [0.717, 1.165) is 5.56 Å². The van der Waals surface area contributed by atoms with Crippen LogP contribution in [-0.2, 0) is 9.59 Å². The van der Waals surface area contributed by atoms with Crippen LogP contribution in [-0.4, -0.2) is 17.8 Å². The van der Waals surface area contributed by atoms with E-state index in [1.54, 1.807) is 18.2 Å². The molecule has 0 atom stereocenters. The lowest BCUT2D eigenvalue weighted by molar-refractivity contribution is -0.131. The van der Waals surface area contributed by atoms with Crippen LogP contribution in [0.5, 0.6) is 5.75 Å². The molecule has 2 amide bonds. The highest BCUT2D eigenvalue weighted by atomic mass is 79.9. The summed E-state index contributed by atoms with van der Waals surface area (Å²) in [7, 11) is 0. The summed E-state index contributed by atoms with van der Waals surface area (Å²) in [6.07, 6.45) is 1.60. The molecule has 0 aliphatic carbocycles. The summed E-state index contributed by atoms with van der Waals surface area (Å²) >= 11 is 3.15. The molecule has 0 heterocycles. The highest BCUT2D eigenvalue weighted by Gasteiger charge is 2.17. The van der Waals surface area contributed by atoms with Crippen LogP contribution in [0, 0.1) is 0 Å². The molecule has 2 rings (SSSR count). The van der Waals surface area contributed by atoms with Crippen molar-refractivity contribution in [1.82, 2.24) is 5.32 Å². The molecule has 0 saturated heterocycles. The number of para-hydroxylation sites is 1. The van der Waals surface area contributed by atoms with Crippen molar-refractivity contribution in [3.05, 3.63) is 70.2 Å². The first-order chi connectivity index (χ1) is 11.5. The van der Waals surface area contributed by atoms with Crippen molar-refractivity contribution in [2.75, 3.05) is 0 Å². The number of carbonyl (C=O) groups is 3. The zero-order valence-corrected chi connectivity index (χ0v) is 14.4. The molecule has 0 spiro atoms. The summed E-state index contributed by atoms with van der Waals surface area (Å²) in [5, 5.41) is 2.25. The summed E-state index contributed by atoms with van der Waals surface area (Å²) < 4.78 is 5.17. The molecule has 0 bridgehead atoms. The lowest BCUT2D eigenvalue weighted by Crippen LogP contribution is -2.30. The Hall–Kier alpha value is -2.73. The van der Waals surface area contributed by atoms with Crippen LogP contribution < -0.4 is 10.1 Å². The molecule has 6 heteroatoms. The molecule has 2 aromatic carbocycles. The number of hydrogen-bond acceptors (Lipinski definition) is 4. The standard InChI is InChI=1S/C18H14BrNO4/c1-12(21)24-16-10-6-5-9-14(16)17(22)20-18(23)15(19)11-13-7-3-2-4-8-13/h2-11H,1H3,(H,20,22,23). The van der Waals surface area contributed by atoms with Crippen molar-refractivity contribution >= 4 is 39.8 Å². The number of halogens is 1. The molecule has 1 N–H and O–H groups in total. The Morgan fingerprint density at radius 2 is 1.62 bits per heavy atom. The molecule has 0 radical (unpaired) electrons. The van der Waals surface area contributed by atoms with Crippen molar-refractivity contribution in [1.29, 1.82) is 0 Å². The summed E-state index contributed by atoms with van der Waals surface area (Å²) in [6.45, 7) is 1.24. The predicted octanol–water partition coefficient (Wildman–Crippen LogP) is 3.30. The van der Waals surface area contributed by atoms with Gasteiger partial charge in [-0.3, -0.25) is 19.7 Å². The molecule has 0 saturated carbocycles. The van der Waals surface area contributed by atoms with Gasteiger partial charge >= 0.3 is 5.97 Å². The molecule has 122 valence electrons. The molecule has 0 unspecified atom stereocenters. The van der Waals surface area contributed by atoms with Gasteiger partial charge in [-0.05, 0) is 39.7 Å². The first-order valence-corrected chi connectivity index (χ1v) is 7.82. The molecule has 24 heavy (non-hydrogen) atoms. The Bertz CT molecular complexity index is 800. The van der Waals surface area contributed by atoms with Crippen LogP contribution >= 0.6 is 15.9 Å². The average Bonchev–Trinajstić information content (AvgIpc) is 2.55. The fourth-order valence-electron chi connectivity index (χ4n) is 1.89. The van der Waals surface area contributed by atoms with Crippen molar-refractivity contribution < 1.29 is 19.1 Å². The Labute approximate surface area is 147 Å². The maximum absolute atomic E-state index is 12.2. The lowest BCUT2D eigenvalue weighted by Gasteiger charge is -2.08. The number of esters is 1. The summed E-state index contributed by atoms with van der Waals surface area (Å²) in [6, 6.07) is 15.4. The van der Waals surface area contributed by atoms with Gasteiger partial charge < -0.3 is 4.74 Å².